The molecule has 2 heterocycles. The number of aromatic carboxylic acids is 1. The SMILES string of the molecule is O=C(O)c1cc2cc(Cl)c(Br)nc2[nH]1. The fraction of sp³-hybridized carbons (Fsp3) is 0. The number of nitrogens with zero attached hydrogens (tertiary/aromatic N) is 1. The lowest BCUT2D eigenvalue weighted by molar-refractivity contribution is 0.0691. The second kappa shape index (κ2) is 3.25. The van der Waals surface area contributed by atoms with Crippen LogP contribution in [0.3, 0.4) is 0 Å². The van der Waals surface area contributed by atoms with Gasteiger partial charge in [0, 0.05) is 5.39 Å². The average molecular weight is 275 g/mol. The Bertz CT molecular complexity index is 484. The van der Waals surface area contributed by atoms with Crippen molar-refractivity contribution in [3.05, 3.63) is 27.5 Å². The van der Waals surface area contributed by atoms with E-state index >= 15 is 0 Å². The Labute approximate surface area is 92.0 Å². The van der Waals surface area contributed by atoms with Gasteiger partial charge >= 0.3 is 5.97 Å². The van der Waals surface area contributed by atoms with E-state index in [1.54, 1.807) is 6.07 Å². The minimum absolute atomic E-state index is 0.0988. The van der Waals surface area contributed by atoms with Gasteiger partial charge in [-0.3, -0.25) is 0 Å². The molecule has 0 aliphatic carbocycles. The number of carboxylic acid groups (broad SMARTS) is 1. The molecule has 0 aliphatic heterocycles. The Kier molecular flexibility index (Phi) is 2.20. The number of carbonyl (C=O) groups is 1. The number of hydrogen-bond donors (Lipinski definition) is 2. The van der Waals surface area contributed by atoms with E-state index < -0.39 is 5.97 Å². The molecule has 0 saturated heterocycles. The van der Waals surface area contributed by atoms with Gasteiger partial charge in [0.15, 0.2) is 0 Å². The Morgan fingerprint density at radius 1 is 1.57 bits per heavy atom. The van der Waals surface area contributed by atoms with Crippen LogP contribution in [0.2, 0.25) is 5.02 Å². The van der Waals surface area contributed by atoms with Gasteiger partial charge in [-0.25, -0.2) is 9.78 Å². The van der Waals surface area contributed by atoms with E-state index in [1.807, 2.05) is 0 Å². The molecule has 72 valence electrons. The van der Waals surface area contributed by atoms with Crippen LogP contribution < -0.4 is 0 Å². The van der Waals surface area contributed by atoms with E-state index in [2.05, 4.69) is 25.9 Å². The third-order valence-corrected chi connectivity index (χ3v) is 2.87. The van der Waals surface area contributed by atoms with Crippen LogP contribution in [0.15, 0.2) is 16.7 Å². The molecule has 2 rings (SSSR count). The molecule has 14 heavy (non-hydrogen) atoms. The van der Waals surface area contributed by atoms with Gasteiger partial charge in [-0.1, -0.05) is 11.6 Å². The highest BCUT2D eigenvalue weighted by Crippen LogP contribution is 2.25. The molecule has 0 atom stereocenters. The van der Waals surface area contributed by atoms with E-state index in [1.165, 1.54) is 6.07 Å². The molecule has 0 bridgehead atoms. The molecule has 0 radical (unpaired) electrons. The maximum absolute atomic E-state index is 10.6. The summed E-state index contributed by atoms with van der Waals surface area (Å²) in [7, 11) is 0. The molecule has 2 aromatic heterocycles. The quantitative estimate of drug-likeness (QED) is 0.786. The highest BCUT2D eigenvalue weighted by atomic mass is 79.9. The Balaban J connectivity index is 2.72. The standard InChI is InChI=1S/C8H4BrClN2O2/c9-6-4(10)1-3-2-5(8(13)14)11-7(3)12-6/h1-2H,(H,11,12)(H,13,14). The van der Waals surface area contributed by atoms with Gasteiger partial charge in [0.05, 0.1) is 5.02 Å². The third-order valence-electron chi connectivity index (χ3n) is 1.75. The van der Waals surface area contributed by atoms with Crippen LogP contribution in [-0.4, -0.2) is 21.0 Å². The van der Waals surface area contributed by atoms with Crippen molar-refractivity contribution in [2.75, 3.05) is 0 Å². The fourth-order valence-electron chi connectivity index (χ4n) is 1.13. The summed E-state index contributed by atoms with van der Waals surface area (Å²) in [6.45, 7) is 0. The number of halogens is 2. The van der Waals surface area contributed by atoms with Crippen LogP contribution in [0.1, 0.15) is 10.5 Å². The normalized spacial score (nSPS) is 10.7. The largest absolute Gasteiger partial charge is 0.477 e. The number of fused-ring (bicyclic) bond motifs is 1. The van der Waals surface area contributed by atoms with Crippen LogP contribution in [0.4, 0.5) is 0 Å². The molecule has 0 saturated carbocycles. The predicted octanol–water partition coefficient (Wildman–Crippen LogP) is 2.68. The van der Waals surface area contributed by atoms with Crippen molar-refractivity contribution in [3.8, 4) is 0 Å². The van der Waals surface area contributed by atoms with Gasteiger partial charge in [0.2, 0.25) is 0 Å². The van der Waals surface area contributed by atoms with Crippen LogP contribution in [-0.2, 0) is 0 Å². The summed E-state index contributed by atoms with van der Waals surface area (Å²) in [5.74, 6) is -1.02. The van der Waals surface area contributed by atoms with Gasteiger partial charge in [-0.05, 0) is 28.1 Å². The van der Waals surface area contributed by atoms with E-state index in [9.17, 15) is 4.79 Å². The maximum Gasteiger partial charge on any atom is 0.352 e. The lowest BCUT2D eigenvalue weighted by Gasteiger charge is -1.93. The van der Waals surface area contributed by atoms with E-state index in [-0.39, 0.29) is 5.69 Å². The first kappa shape index (κ1) is 9.48. The van der Waals surface area contributed by atoms with Crippen molar-refractivity contribution in [2.24, 2.45) is 0 Å². The third kappa shape index (κ3) is 1.49. The summed E-state index contributed by atoms with van der Waals surface area (Å²) in [4.78, 5) is 17.3. The highest BCUT2D eigenvalue weighted by Gasteiger charge is 2.09. The number of carboxylic acids is 1. The molecule has 0 amide bonds. The zero-order valence-electron chi connectivity index (χ0n) is 6.71. The number of rotatable bonds is 1. The number of H-pyrrole nitrogens is 1. The minimum Gasteiger partial charge on any atom is -0.477 e. The zero-order chi connectivity index (χ0) is 10.3. The fourth-order valence-corrected chi connectivity index (χ4v) is 1.58. The first-order chi connectivity index (χ1) is 6.58. The van der Waals surface area contributed by atoms with E-state index in [0.717, 1.165) is 0 Å². The van der Waals surface area contributed by atoms with Crippen LogP contribution in [0.5, 0.6) is 0 Å². The lowest BCUT2D eigenvalue weighted by Crippen LogP contribution is -1.95. The minimum atomic E-state index is -1.02. The first-order valence-corrected chi connectivity index (χ1v) is 4.83. The summed E-state index contributed by atoms with van der Waals surface area (Å²) in [5, 5.41) is 9.85. The molecular weight excluding hydrogens is 271 g/mol. The molecule has 2 N–H and O–H groups in total. The molecule has 2 aromatic rings. The predicted molar refractivity (Wildman–Crippen MR) is 55.8 cm³/mol. The number of aromatic amines is 1. The highest BCUT2D eigenvalue weighted by molar-refractivity contribution is 9.10. The maximum atomic E-state index is 10.6. The van der Waals surface area contributed by atoms with Gasteiger partial charge in [-0.15, -0.1) is 0 Å². The Morgan fingerprint density at radius 2 is 2.29 bits per heavy atom. The molecule has 6 heteroatoms. The first-order valence-electron chi connectivity index (χ1n) is 3.66. The van der Waals surface area contributed by atoms with Crippen LogP contribution in [0, 0.1) is 0 Å². The lowest BCUT2D eigenvalue weighted by atomic mass is 10.3. The zero-order valence-corrected chi connectivity index (χ0v) is 9.06. The van der Waals surface area contributed by atoms with Crippen LogP contribution in [0.25, 0.3) is 11.0 Å². The van der Waals surface area contributed by atoms with Crippen molar-refractivity contribution >= 4 is 44.5 Å². The second-order valence-corrected chi connectivity index (χ2v) is 3.85. The van der Waals surface area contributed by atoms with E-state index in [0.29, 0.717) is 20.7 Å². The van der Waals surface area contributed by atoms with Crippen molar-refractivity contribution in [3.63, 3.8) is 0 Å². The molecule has 0 unspecified atom stereocenters. The molecule has 4 nitrogen and oxygen atoms in total. The molecule has 0 fully saturated rings. The summed E-state index contributed by atoms with van der Waals surface area (Å²) in [6, 6.07) is 3.14. The monoisotopic (exact) mass is 274 g/mol. The van der Waals surface area contributed by atoms with Gasteiger partial charge in [0.25, 0.3) is 0 Å². The Morgan fingerprint density at radius 3 is 2.93 bits per heavy atom. The van der Waals surface area contributed by atoms with E-state index in [4.69, 9.17) is 16.7 Å². The van der Waals surface area contributed by atoms with Crippen molar-refractivity contribution in [1.29, 1.82) is 0 Å². The topological polar surface area (TPSA) is 66.0 Å². The smallest absolute Gasteiger partial charge is 0.352 e. The van der Waals surface area contributed by atoms with Crippen LogP contribution >= 0.6 is 27.5 Å². The number of nitrogens with one attached hydrogen (secondary N) is 1. The van der Waals surface area contributed by atoms with Gasteiger partial charge in [0.1, 0.15) is 15.9 Å². The molecule has 0 aliphatic rings. The average Bonchev–Trinajstić information content (AvgIpc) is 2.48. The van der Waals surface area contributed by atoms with Gasteiger partial charge < -0.3 is 10.1 Å². The van der Waals surface area contributed by atoms with Crippen molar-refractivity contribution in [2.45, 2.75) is 0 Å². The summed E-state index contributed by atoms with van der Waals surface area (Å²) >= 11 is 8.96. The molecular formula is C8H4BrClN2O2. The number of aromatic nitrogens is 2. The second-order valence-electron chi connectivity index (χ2n) is 2.69. The summed E-state index contributed by atoms with van der Waals surface area (Å²) < 4.78 is 0.491. The summed E-state index contributed by atoms with van der Waals surface area (Å²) in [5.41, 5.74) is 0.598. The van der Waals surface area contributed by atoms with Gasteiger partial charge in [-0.2, -0.15) is 0 Å². The summed E-state index contributed by atoms with van der Waals surface area (Å²) in [6.07, 6.45) is 0. The number of pyridine rings is 1. The number of hydrogen-bond acceptors (Lipinski definition) is 2. The molecule has 0 aromatic carbocycles. The van der Waals surface area contributed by atoms with Crippen molar-refractivity contribution < 1.29 is 9.90 Å². The Hall–Kier alpha value is -1.07. The van der Waals surface area contributed by atoms with Crippen molar-refractivity contribution in [1.82, 2.24) is 9.97 Å². The molecule has 0 spiro atoms.